The van der Waals surface area contributed by atoms with Crippen molar-refractivity contribution in [1.29, 1.82) is 0 Å². The van der Waals surface area contributed by atoms with E-state index >= 15 is 0 Å². The summed E-state index contributed by atoms with van der Waals surface area (Å²) in [7, 11) is 0. The first-order chi connectivity index (χ1) is 7.49. The number of thioether (sulfide) groups is 1. The van der Waals surface area contributed by atoms with E-state index in [1.165, 1.54) is 11.8 Å². The van der Waals surface area contributed by atoms with Crippen molar-refractivity contribution in [2.75, 3.05) is 0 Å². The van der Waals surface area contributed by atoms with E-state index in [9.17, 15) is 9.59 Å². The van der Waals surface area contributed by atoms with E-state index in [4.69, 9.17) is 5.73 Å². The molecule has 16 heavy (non-hydrogen) atoms. The summed E-state index contributed by atoms with van der Waals surface area (Å²) < 4.78 is 0.978. The van der Waals surface area contributed by atoms with Crippen LogP contribution in [0.5, 0.6) is 0 Å². The lowest BCUT2D eigenvalue weighted by Crippen LogP contribution is -2.39. The Morgan fingerprint density at radius 2 is 1.94 bits per heavy atom. The zero-order valence-electron chi connectivity index (χ0n) is 8.57. The van der Waals surface area contributed by atoms with Gasteiger partial charge >= 0.3 is 6.03 Å². The average Bonchev–Trinajstić information content (AvgIpc) is 2.20. The molecule has 0 heterocycles. The van der Waals surface area contributed by atoms with Crippen molar-refractivity contribution in [2.24, 2.45) is 5.73 Å². The van der Waals surface area contributed by atoms with Crippen LogP contribution in [0.4, 0.5) is 4.79 Å². The fourth-order valence-electron chi connectivity index (χ4n) is 0.994. The van der Waals surface area contributed by atoms with Crippen LogP contribution in [0.1, 0.15) is 6.92 Å². The van der Waals surface area contributed by atoms with Gasteiger partial charge in [0.15, 0.2) is 0 Å². The van der Waals surface area contributed by atoms with E-state index < -0.39 is 6.03 Å². The molecule has 3 amide bonds. The molecule has 0 aliphatic carbocycles. The Morgan fingerprint density at radius 1 is 1.38 bits per heavy atom. The normalized spacial score (nSPS) is 11.9. The zero-order chi connectivity index (χ0) is 12.1. The van der Waals surface area contributed by atoms with Gasteiger partial charge in [0.05, 0.1) is 5.25 Å². The molecule has 0 spiro atoms. The van der Waals surface area contributed by atoms with Gasteiger partial charge in [0, 0.05) is 9.37 Å². The van der Waals surface area contributed by atoms with Crippen LogP contribution >= 0.6 is 27.7 Å². The van der Waals surface area contributed by atoms with Crippen LogP contribution in [0.15, 0.2) is 33.6 Å². The quantitative estimate of drug-likeness (QED) is 0.840. The number of carbonyl (C=O) groups excluding carboxylic acids is 2. The number of hydrogen-bond acceptors (Lipinski definition) is 3. The number of nitrogens with one attached hydrogen (secondary N) is 1. The van der Waals surface area contributed by atoms with Gasteiger partial charge in [0.25, 0.3) is 0 Å². The van der Waals surface area contributed by atoms with Crippen molar-refractivity contribution < 1.29 is 9.59 Å². The number of halogens is 1. The molecule has 0 unspecified atom stereocenters. The molecule has 3 N–H and O–H groups in total. The Morgan fingerprint density at radius 3 is 2.44 bits per heavy atom. The molecule has 1 aromatic rings. The molecular weight excluding hydrogens is 292 g/mol. The molecule has 0 fully saturated rings. The van der Waals surface area contributed by atoms with Crippen molar-refractivity contribution in [2.45, 2.75) is 17.1 Å². The number of nitrogens with two attached hydrogens (primary N) is 1. The SMILES string of the molecule is C[C@@H](Sc1ccc(Br)cc1)C(=O)NC(N)=O. The Kier molecular flexibility index (Phi) is 4.82. The van der Waals surface area contributed by atoms with Crippen LogP contribution < -0.4 is 11.1 Å². The number of carbonyl (C=O) groups is 2. The number of amides is 3. The van der Waals surface area contributed by atoms with Crippen molar-refractivity contribution in [3.63, 3.8) is 0 Å². The molecule has 0 saturated heterocycles. The predicted molar refractivity (Wildman–Crippen MR) is 67.2 cm³/mol. The Labute approximate surface area is 106 Å². The van der Waals surface area contributed by atoms with Gasteiger partial charge in [-0.05, 0) is 31.2 Å². The second-order valence-electron chi connectivity index (χ2n) is 3.07. The molecule has 1 rings (SSSR count). The summed E-state index contributed by atoms with van der Waals surface area (Å²) >= 11 is 4.69. The van der Waals surface area contributed by atoms with E-state index in [1.807, 2.05) is 29.6 Å². The summed E-state index contributed by atoms with van der Waals surface area (Å²) in [5, 5.41) is 1.68. The lowest BCUT2D eigenvalue weighted by Gasteiger charge is -2.09. The van der Waals surface area contributed by atoms with Crippen LogP contribution in [0.3, 0.4) is 0 Å². The third-order valence-corrected chi connectivity index (χ3v) is 3.38. The molecule has 0 bridgehead atoms. The van der Waals surface area contributed by atoms with Gasteiger partial charge in [-0.2, -0.15) is 0 Å². The lowest BCUT2D eigenvalue weighted by molar-refractivity contribution is -0.119. The largest absolute Gasteiger partial charge is 0.351 e. The van der Waals surface area contributed by atoms with Gasteiger partial charge in [0.1, 0.15) is 0 Å². The van der Waals surface area contributed by atoms with Gasteiger partial charge in [-0.3, -0.25) is 10.1 Å². The summed E-state index contributed by atoms with van der Waals surface area (Å²) in [5.74, 6) is -0.389. The number of urea groups is 1. The summed E-state index contributed by atoms with van der Waals surface area (Å²) in [6.07, 6.45) is 0. The second-order valence-corrected chi connectivity index (χ2v) is 5.40. The standard InChI is InChI=1S/C10H11BrN2O2S/c1-6(9(14)13-10(12)15)16-8-4-2-7(11)3-5-8/h2-6H,1H3,(H3,12,13,14,15)/t6-/m1/s1. The molecule has 6 heteroatoms. The maximum Gasteiger partial charge on any atom is 0.318 e. The van der Waals surface area contributed by atoms with E-state index in [2.05, 4.69) is 15.9 Å². The zero-order valence-corrected chi connectivity index (χ0v) is 11.0. The average molecular weight is 303 g/mol. The van der Waals surface area contributed by atoms with Crippen molar-refractivity contribution >= 4 is 39.6 Å². The third kappa shape index (κ3) is 4.24. The molecule has 0 radical (unpaired) electrons. The van der Waals surface area contributed by atoms with Gasteiger partial charge in [0.2, 0.25) is 5.91 Å². The predicted octanol–water partition coefficient (Wildman–Crippen LogP) is 2.12. The molecule has 86 valence electrons. The van der Waals surface area contributed by atoms with E-state index in [0.29, 0.717) is 0 Å². The molecule has 1 atom stereocenters. The van der Waals surface area contributed by atoms with E-state index in [0.717, 1.165) is 9.37 Å². The number of imide groups is 1. The molecule has 0 aliphatic rings. The maximum absolute atomic E-state index is 11.4. The molecule has 4 nitrogen and oxygen atoms in total. The highest BCUT2D eigenvalue weighted by Crippen LogP contribution is 2.24. The minimum atomic E-state index is -0.826. The lowest BCUT2D eigenvalue weighted by atomic mass is 10.4. The van der Waals surface area contributed by atoms with Gasteiger partial charge in [-0.15, -0.1) is 11.8 Å². The number of primary amides is 1. The van der Waals surface area contributed by atoms with Crippen LogP contribution in [-0.4, -0.2) is 17.2 Å². The molecule has 1 aromatic carbocycles. The van der Waals surface area contributed by atoms with Crippen molar-refractivity contribution in [3.05, 3.63) is 28.7 Å². The fourth-order valence-corrected chi connectivity index (χ4v) is 2.13. The highest BCUT2D eigenvalue weighted by Gasteiger charge is 2.15. The summed E-state index contributed by atoms with van der Waals surface area (Å²) in [6, 6.07) is 6.74. The fraction of sp³-hybridized carbons (Fsp3) is 0.200. The topological polar surface area (TPSA) is 72.2 Å². The molecule has 0 aromatic heterocycles. The first-order valence-corrected chi connectivity index (χ1v) is 6.19. The second kappa shape index (κ2) is 5.91. The Bertz CT molecular complexity index is 394. The van der Waals surface area contributed by atoms with Crippen LogP contribution in [0.2, 0.25) is 0 Å². The highest BCUT2D eigenvalue weighted by atomic mass is 79.9. The monoisotopic (exact) mass is 302 g/mol. The van der Waals surface area contributed by atoms with E-state index in [-0.39, 0.29) is 11.2 Å². The van der Waals surface area contributed by atoms with Crippen LogP contribution in [0.25, 0.3) is 0 Å². The van der Waals surface area contributed by atoms with Gasteiger partial charge in [-0.1, -0.05) is 15.9 Å². The van der Waals surface area contributed by atoms with Crippen molar-refractivity contribution in [1.82, 2.24) is 5.32 Å². The minimum Gasteiger partial charge on any atom is -0.351 e. The van der Waals surface area contributed by atoms with Crippen LogP contribution in [0, 0.1) is 0 Å². The number of benzene rings is 1. The first kappa shape index (κ1) is 13.1. The first-order valence-electron chi connectivity index (χ1n) is 4.51. The Balaban J connectivity index is 2.57. The highest BCUT2D eigenvalue weighted by molar-refractivity contribution is 9.10. The van der Waals surface area contributed by atoms with Crippen LogP contribution in [-0.2, 0) is 4.79 Å². The molecular formula is C10H11BrN2O2S. The van der Waals surface area contributed by atoms with Crippen molar-refractivity contribution in [3.8, 4) is 0 Å². The summed E-state index contributed by atoms with van der Waals surface area (Å²) in [6.45, 7) is 1.71. The number of rotatable bonds is 3. The third-order valence-electron chi connectivity index (χ3n) is 1.74. The van der Waals surface area contributed by atoms with Gasteiger partial charge in [-0.25, -0.2) is 4.79 Å². The summed E-state index contributed by atoms with van der Waals surface area (Å²) in [4.78, 5) is 22.8. The smallest absolute Gasteiger partial charge is 0.318 e. The molecule has 0 saturated carbocycles. The maximum atomic E-state index is 11.4. The minimum absolute atomic E-state index is 0.367. The number of hydrogen-bond donors (Lipinski definition) is 2. The Hall–Kier alpha value is -1.01. The summed E-state index contributed by atoms with van der Waals surface area (Å²) in [5.41, 5.74) is 4.86. The molecule has 0 aliphatic heterocycles. The van der Waals surface area contributed by atoms with E-state index in [1.54, 1.807) is 6.92 Å². The van der Waals surface area contributed by atoms with Gasteiger partial charge < -0.3 is 5.73 Å².